The van der Waals surface area contributed by atoms with E-state index in [9.17, 15) is 9.59 Å². The molecule has 0 spiro atoms. The number of rotatable bonds is 9. The number of benzene rings is 1. The van der Waals surface area contributed by atoms with Crippen molar-refractivity contribution in [3.05, 3.63) is 42.6 Å². The molecule has 5 rings (SSSR count). The fraction of sp³-hybridized carbons (Fsp3) is 0.533. The van der Waals surface area contributed by atoms with Gasteiger partial charge in [-0.15, -0.1) is 0 Å². The Kier molecular flexibility index (Phi) is 8.93. The van der Waals surface area contributed by atoms with E-state index in [2.05, 4.69) is 27.1 Å². The molecule has 3 heterocycles. The summed E-state index contributed by atoms with van der Waals surface area (Å²) in [6, 6.07) is 5.24. The van der Waals surface area contributed by atoms with Crippen LogP contribution in [0.15, 0.2) is 37.1 Å². The second-order valence-corrected chi connectivity index (χ2v) is 11.3. The predicted molar refractivity (Wildman–Crippen MR) is 159 cm³/mol. The lowest BCUT2D eigenvalue weighted by Crippen LogP contribution is -2.49. The number of methoxy groups -OCH3 is 1. The summed E-state index contributed by atoms with van der Waals surface area (Å²) < 4.78 is 21.4. The first-order chi connectivity index (χ1) is 20.3. The number of likely N-dealkylation sites (tertiary alicyclic amines) is 1. The van der Waals surface area contributed by atoms with Crippen molar-refractivity contribution in [2.24, 2.45) is 0 Å². The molecule has 2 fully saturated rings. The summed E-state index contributed by atoms with van der Waals surface area (Å²) in [5.41, 5.74) is -0.793. The van der Waals surface area contributed by atoms with Crippen LogP contribution in [-0.2, 0) is 4.79 Å². The van der Waals surface area contributed by atoms with Gasteiger partial charge in [-0.2, -0.15) is 4.98 Å². The largest absolute Gasteiger partial charge is 0.495 e. The Hall–Kier alpha value is -3.77. The third kappa shape index (κ3) is 6.05. The zero-order valence-electron chi connectivity index (χ0n) is 24.3. The highest BCUT2D eigenvalue weighted by atomic mass is 19.1. The fourth-order valence-electron chi connectivity index (χ4n) is 6.09. The third-order valence-corrected chi connectivity index (χ3v) is 8.58. The quantitative estimate of drug-likeness (QED) is 0.384. The maximum Gasteiger partial charge on any atom is 0.270 e. The third-order valence-electron chi connectivity index (χ3n) is 8.58. The molecule has 2 aliphatic heterocycles. The molecule has 1 aromatic carbocycles. The number of carbonyl (C=O) groups excluding carboxylic acids is 2. The van der Waals surface area contributed by atoms with Crippen molar-refractivity contribution < 1.29 is 23.8 Å². The zero-order chi connectivity index (χ0) is 29.9. The van der Waals surface area contributed by atoms with Gasteiger partial charge >= 0.3 is 0 Å². The first-order valence-corrected chi connectivity index (χ1v) is 14.6. The highest BCUT2D eigenvalue weighted by molar-refractivity contribution is 6.04. The molecule has 3 aliphatic rings. The monoisotopic (exact) mass is 581 g/mol. The van der Waals surface area contributed by atoms with Gasteiger partial charge < -0.3 is 35.2 Å². The minimum atomic E-state index is -2.25. The molecule has 1 saturated heterocycles. The van der Waals surface area contributed by atoms with Crippen LogP contribution >= 0.6 is 0 Å². The molecule has 1 atom stereocenters. The molecular formula is C30H40FN7O4. The van der Waals surface area contributed by atoms with Crippen LogP contribution in [0.3, 0.4) is 0 Å². The van der Waals surface area contributed by atoms with E-state index in [1.54, 1.807) is 18.2 Å². The first-order valence-electron chi connectivity index (χ1n) is 14.6. The summed E-state index contributed by atoms with van der Waals surface area (Å²) in [5, 5.41) is 15.4. The number of aromatic nitrogens is 2. The zero-order valence-corrected chi connectivity index (χ0v) is 24.3. The van der Waals surface area contributed by atoms with E-state index in [4.69, 9.17) is 14.8 Å². The Morgan fingerprint density at radius 3 is 2.67 bits per heavy atom. The van der Waals surface area contributed by atoms with Crippen LogP contribution in [0.4, 0.5) is 27.5 Å². The van der Waals surface area contributed by atoms with E-state index in [0.29, 0.717) is 35.1 Å². The summed E-state index contributed by atoms with van der Waals surface area (Å²) in [6.45, 7) is 5.90. The molecule has 1 saturated carbocycles. The minimum Gasteiger partial charge on any atom is -0.495 e. The lowest BCUT2D eigenvalue weighted by Gasteiger charge is -2.32. The van der Waals surface area contributed by atoms with Crippen LogP contribution in [0, 0.1) is 0 Å². The van der Waals surface area contributed by atoms with Crippen LogP contribution in [-0.4, -0.2) is 96.5 Å². The lowest BCUT2D eigenvalue weighted by molar-refractivity contribution is -0.126. The van der Waals surface area contributed by atoms with E-state index in [0.717, 1.165) is 57.7 Å². The van der Waals surface area contributed by atoms with Gasteiger partial charge in [-0.1, -0.05) is 19.4 Å². The van der Waals surface area contributed by atoms with Gasteiger partial charge in [-0.25, -0.2) is 9.37 Å². The topological polar surface area (TPSA) is 123 Å². The number of piperidine rings is 1. The van der Waals surface area contributed by atoms with Gasteiger partial charge in [-0.05, 0) is 50.0 Å². The molecule has 2 amide bonds. The molecule has 42 heavy (non-hydrogen) atoms. The normalized spacial score (nSPS) is 22.0. The second kappa shape index (κ2) is 12.6. The number of nitrogens with one attached hydrogen (secondary N) is 2. The molecule has 1 unspecified atom stereocenters. The highest BCUT2D eigenvalue weighted by Gasteiger charge is 2.46. The lowest BCUT2D eigenvalue weighted by atomic mass is 10.0. The Morgan fingerprint density at radius 1 is 1.26 bits per heavy atom. The summed E-state index contributed by atoms with van der Waals surface area (Å²) in [6.07, 6.45) is 8.09. The number of nitrogens with zero attached hydrogens (tertiary/aromatic N) is 5. The van der Waals surface area contributed by atoms with Crippen molar-refractivity contribution in [3.8, 4) is 5.75 Å². The van der Waals surface area contributed by atoms with Crippen molar-refractivity contribution in [1.82, 2.24) is 20.2 Å². The van der Waals surface area contributed by atoms with Crippen LogP contribution < -0.4 is 25.2 Å². The number of hydrogen-bond donors (Lipinski definition) is 3. The van der Waals surface area contributed by atoms with Gasteiger partial charge in [0.05, 0.1) is 32.1 Å². The van der Waals surface area contributed by atoms with Crippen molar-refractivity contribution in [2.75, 3.05) is 62.1 Å². The van der Waals surface area contributed by atoms with Crippen LogP contribution in [0.1, 0.15) is 48.9 Å². The van der Waals surface area contributed by atoms with E-state index < -0.39 is 11.6 Å². The SMILES string of the molecule is C=CC1(F)CN(C2CCCC2)c2nc(Nc3ccc(C(=O)NC4CCN(CCO)CC4)cc3OC)ncc2N(C)C1=O. The Balaban J connectivity index is 1.36. The van der Waals surface area contributed by atoms with Crippen LogP contribution in [0.5, 0.6) is 5.75 Å². The number of fused-ring (bicyclic) bond motifs is 1. The Labute approximate surface area is 245 Å². The number of halogens is 1. The highest BCUT2D eigenvalue weighted by Crippen LogP contribution is 2.40. The second-order valence-electron chi connectivity index (χ2n) is 11.3. The fourth-order valence-corrected chi connectivity index (χ4v) is 6.09. The first kappa shape index (κ1) is 29.7. The number of carbonyl (C=O) groups is 2. The van der Waals surface area contributed by atoms with Crippen LogP contribution in [0.25, 0.3) is 0 Å². The molecular weight excluding hydrogens is 541 g/mol. The number of ether oxygens (including phenoxy) is 1. The molecule has 1 aliphatic carbocycles. The van der Waals surface area contributed by atoms with Crippen LogP contribution in [0.2, 0.25) is 0 Å². The summed E-state index contributed by atoms with van der Waals surface area (Å²) in [4.78, 5) is 40.6. The molecule has 11 nitrogen and oxygen atoms in total. The maximum atomic E-state index is 15.8. The molecule has 226 valence electrons. The summed E-state index contributed by atoms with van der Waals surface area (Å²) in [5.74, 6) is 0.297. The van der Waals surface area contributed by atoms with Gasteiger partial charge in [0.15, 0.2) is 5.82 Å². The van der Waals surface area contributed by atoms with Gasteiger partial charge in [0.1, 0.15) is 11.4 Å². The molecule has 1 aromatic heterocycles. The minimum absolute atomic E-state index is 0.0510. The van der Waals surface area contributed by atoms with Crippen molar-refractivity contribution in [2.45, 2.75) is 56.3 Å². The summed E-state index contributed by atoms with van der Waals surface area (Å²) >= 11 is 0. The maximum absolute atomic E-state index is 15.8. The number of aliphatic hydroxyl groups excluding tert-OH is 1. The van der Waals surface area contributed by atoms with E-state index in [-0.39, 0.29) is 37.1 Å². The number of anilines is 4. The Morgan fingerprint density at radius 2 is 2.00 bits per heavy atom. The standard InChI is InChI=1S/C30H40FN7O4/c1-4-30(31)19-38(22-7-5-6-8-22)26-24(36(2)28(30)41)18-32-29(35-26)34-23-10-9-20(17-25(23)42-3)27(40)33-21-11-13-37(14-12-21)15-16-39/h4,9-10,17-18,21-22,39H,1,5-8,11-16,19H2,2-3H3,(H,33,40)(H,32,34,35). The van der Waals surface area contributed by atoms with Crippen molar-refractivity contribution >= 4 is 35.0 Å². The average Bonchev–Trinajstić information content (AvgIpc) is 3.53. The number of β-amino-alcohol motifs (C(OH)–C–C–N with tert-alkyl or cyclic N) is 1. The molecule has 0 radical (unpaired) electrons. The van der Waals surface area contributed by atoms with Gasteiger partial charge in [0.25, 0.3) is 11.8 Å². The molecule has 0 bridgehead atoms. The van der Waals surface area contributed by atoms with E-state index in [1.165, 1.54) is 25.3 Å². The van der Waals surface area contributed by atoms with Crippen molar-refractivity contribution in [1.29, 1.82) is 0 Å². The molecule has 3 N–H and O–H groups in total. The molecule has 2 aromatic rings. The van der Waals surface area contributed by atoms with Gasteiger partial charge in [0.2, 0.25) is 11.6 Å². The predicted octanol–water partition coefficient (Wildman–Crippen LogP) is 3.04. The number of aliphatic hydroxyl groups is 1. The van der Waals surface area contributed by atoms with Crippen molar-refractivity contribution in [3.63, 3.8) is 0 Å². The van der Waals surface area contributed by atoms with Gasteiger partial charge in [0, 0.05) is 44.3 Å². The Bertz CT molecular complexity index is 1310. The van der Waals surface area contributed by atoms with E-state index in [1.807, 2.05) is 4.90 Å². The smallest absolute Gasteiger partial charge is 0.270 e. The van der Waals surface area contributed by atoms with E-state index >= 15 is 4.39 Å². The number of amides is 2. The number of alkyl halides is 1. The summed E-state index contributed by atoms with van der Waals surface area (Å²) in [7, 11) is 3.05. The average molecular weight is 582 g/mol. The number of hydrogen-bond acceptors (Lipinski definition) is 9. The van der Waals surface area contributed by atoms with Gasteiger partial charge in [-0.3, -0.25) is 9.59 Å². The molecule has 12 heteroatoms.